The van der Waals surface area contributed by atoms with Gasteiger partial charge < -0.3 is 4.74 Å². The van der Waals surface area contributed by atoms with Crippen molar-refractivity contribution in [2.45, 2.75) is 110 Å². The molecule has 0 radical (unpaired) electrons. The fourth-order valence-corrected chi connectivity index (χ4v) is 2.66. The monoisotopic (exact) mass is 284 g/mol. The third-order valence-electron chi connectivity index (χ3n) is 4.01. The zero-order valence-electron chi connectivity index (χ0n) is 13.9. The van der Waals surface area contributed by atoms with Gasteiger partial charge in [0.25, 0.3) is 6.47 Å². The van der Waals surface area contributed by atoms with E-state index in [4.69, 9.17) is 4.74 Å². The molecule has 0 aromatic rings. The lowest BCUT2D eigenvalue weighted by Gasteiger charge is -2.14. The Balaban J connectivity index is 3.46. The lowest BCUT2D eigenvalue weighted by Crippen LogP contribution is -2.12. The maximum absolute atomic E-state index is 10.5. The number of ether oxygens (including phenoxy) is 1. The smallest absolute Gasteiger partial charge is 0.293 e. The first-order chi connectivity index (χ1) is 9.85. The van der Waals surface area contributed by atoms with E-state index in [1.807, 2.05) is 0 Å². The topological polar surface area (TPSA) is 26.3 Å². The van der Waals surface area contributed by atoms with Crippen molar-refractivity contribution in [2.75, 3.05) is 0 Å². The van der Waals surface area contributed by atoms with E-state index in [1.165, 1.54) is 77.0 Å². The second kappa shape index (κ2) is 16.5. The molecule has 0 aromatic carbocycles. The summed E-state index contributed by atoms with van der Waals surface area (Å²) in [4.78, 5) is 10.5. The molecule has 1 atom stereocenters. The average molecular weight is 284 g/mol. The Kier molecular flexibility index (Phi) is 16.1. The van der Waals surface area contributed by atoms with Crippen LogP contribution in [-0.4, -0.2) is 12.6 Å². The summed E-state index contributed by atoms with van der Waals surface area (Å²) in [5.74, 6) is 0. The first-order valence-corrected chi connectivity index (χ1v) is 8.94. The van der Waals surface area contributed by atoms with Gasteiger partial charge in [0.2, 0.25) is 0 Å². The van der Waals surface area contributed by atoms with E-state index < -0.39 is 0 Å². The van der Waals surface area contributed by atoms with Gasteiger partial charge in [-0.25, -0.2) is 0 Å². The molecular formula is C18H36O2. The minimum atomic E-state index is 0.171. The van der Waals surface area contributed by atoms with Gasteiger partial charge in [-0.2, -0.15) is 0 Å². The zero-order valence-corrected chi connectivity index (χ0v) is 13.9. The minimum absolute atomic E-state index is 0.171. The molecule has 0 heterocycles. The Hall–Kier alpha value is -0.530. The Morgan fingerprint density at radius 1 is 0.700 bits per heavy atom. The van der Waals surface area contributed by atoms with Crippen molar-refractivity contribution in [1.29, 1.82) is 0 Å². The Bertz CT molecular complexity index is 192. The highest BCUT2D eigenvalue weighted by Crippen LogP contribution is 2.16. The van der Waals surface area contributed by atoms with E-state index in [1.54, 1.807) is 0 Å². The van der Waals surface area contributed by atoms with Crippen molar-refractivity contribution in [3.63, 3.8) is 0 Å². The number of hydrogen-bond acceptors (Lipinski definition) is 2. The molecule has 2 nitrogen and oxygen atoms in total. The predicted molar refractivity (Wildman–Crippen MR) is 86.9 cm³/mol. The van der Waals surface area contributed by atoms with Gasteiger partial charge in [0.1, 0.15) is 6.10 Å². The molecule has 0 fully saturated rings. The van der Waals surface area contributed by atoms with Crippen LogP contribution in [0.2, 0.25) is 0 Å². The van der Waals surface area contributed by atoms with E-state index in [2.05, 4.69) is 13.8 Å². The van der Waals surface area contributed by atoms with E-state index in [9.17, 15) is 4.79 Å². The Labute approximate surface area is 126 Å². The molecule has 120 valence electrons. The maximum Gasteiger partial charge on any atom is 0.293 e. The average Bonchev–Trinajstić information content (AvgIpc) is 2.46. The number of unbranched alkanes of at least 4 members (excludes halogenated alkanes) is 10. The summed E-state index contributed by atoms with van der Waals surface area (Å²) in [6.45, 7) is 5.12. The minimum Gasteiger partial charge on any atom is -0.465 e. The molecule has 0 rings (SSSR count). The van der Waals surface area contributed by atoms with Crippen molar-refractivity contribution >= 4 is 6.47 Å². The molecule has 2 heteroatoms. The van der Waals surface area contributed by atoms with Crippen LogP contribution in [0.3, 0.4) is 0 Å². The molecule has 0 aliphatic carbocycles. The quantitative estimate of drug-likeness (QED) is 0.255. The highest BCUT2D eigenvalue weighted by molar-refractivity contribution is 5.37. The van der Waals surface area contributed by atoms with Gasteiger partial charge in [0, 0.05) is 0 Å². The summed E-state index contributed by atoms with van der Waals surface area (Å²) in [6, 6.07) is 0. The van der Waals surface area contributed by atoms with Crippen LogP contribution >= 0.6 is 0 Å². The van der Waals surface area contributed by atoms with Crippen molar-refractivity contribution in [2.24, 2.45) is 0 Å². The van der Waals surface area contributed by atoms with E-state index >= 15 is 0 Å². The summed E-state index contributed by atoms with van der Waals surface area (Å²) < 4.78 is 5.21. The van der Waals surface area contributed by atoms with Crippen LogP contribution in [0.25, 0.3) is 0 Å². The van der Waals surface area contributed by atoms with Crippen LogP contribution in [0.1, 0.15) is 104 Å². The number of carbonyl (C=O) groups is 1. The molecular weight excluding hydrogens is 248 g/mol. The normalized spacial score (nSPS) is 12.3. The zero-order chi connectivity index (χ0) is 14.9. The van der Waals surface area contributed by atoms with Gasteiger partial charge in [-0.15, -0.1) is 0 Å². The van der Waals surface area contributed by atoms with Crippen molar-refractivity contribution < 1.29 is 9.53 Å². The van der Waals surface area contributed by atoms with Crippen LogP contribution < -0.4 is 0 Å². The molecule has 0 N–H and O–H groups in total. The second-order valence-electron chi connectivity index (χ2n) is 5.97. The number of carbonyl (C=O) groups excluding carboxylic acids is 1. The lowest BCUT2D eigenvalue weighted by molar-refractivity contribution is -0.134. The number of hydrogen-bond donors (Lipinski definition) is 0. The second-order valence-corrected chi connectivity index (χ2v) is 5.97. The molecule has 0 aliphatic heterocycles. The lowest BCUT2D eigenvalue weighted by atomic mass is 10.0. The third kappa shape index (κ3) is 13.9. The molecule has 0 spiro atoms. The largest absolute Gasteiger partial charge is 0.465 e. The summed E-state index contributed by atoms with van der Waals surface area (Å²) in [5.41, 5.74) is 0. The van der Waals surface area contributed by atoms with Gasteiger partial charge in [0.05, 0.1) is 0 Å². The van der Waals surface area contributed by atoms with Crippen LogP contribution in [0.4, 0.5) is 0 Å². The van der Waals surface area contributed by atoms with Crippen molar-refractivity contribution in [3.05, 3.63) is 0 Å². The van der Waals surface area contributed by atoms with Gasteiger partial charge in [-0.3, -0.25) is 4.79 Å². The van der Waals surface area contributed by atoms with E-state index in [0.29, 0.717) is 6.47 Å². The first kappa shape index (κ1) is 19.5. The third-order valence-corrected chi connectivity index (χ3v) is 4.01. The molecule has 1 unspecified atom stereocenters. The molecule has 0 saturated carbocycles. The molecule has 0 amide bonds. The fraction of sp³-hybridized carbons (Fsp3) is 0.944. The molecule has 0 saturated heterocycles. The Morgan fingerprint density at radius 2 is 1.10 bits per heavy atom. The highest BCUT2D eigenvalue weighted by atomic mass is 16.5. The van der Waals surface area contributed by atoms with Gasteiger partial charge in [-0.05, 0) is 25.7 Å². The number of rotatable bonds is 16. The van der Waals surface area contributed by atoms with E-state index in [0.717, 1.165) is 12.8 Å². The van der Waals surface area contributed by atoms with Crippen LogP contribution in [0, 0.1) is 0 Å². The van der Waals surface area contributed by atoms with Crippen molar-refractivity contribution in [1.82, 2.24) is 0 Å². The molecule has 0 aliphatic rings. The molecule has 0 bridgehead atoms. The summed E-state index contributed by atoms with van der Waals surface area (Å²) >= 11 is 0. The molecule has 20 heavy (non-hydrogen) atoms. The van der Waals surface area contributed by atoms with Crippen LogP contribution in [0.5, 0.6) is 0 Å². The van der Waals surface area contributed by atoms with E-state index in [-0.39, 0.29) is 6.10 Å². The highest BCUT2D eigenvalue weighted by Gasteiger charge is 2.08. The van der Waals surface area contributed by atoms with Gasteiger partial charge in [0.15, 0.2) is 0 Å². The van der Waals surface area contributed by atoms with Gasteiger partial charge >= 0.3 is 0 Å². The standard InChI is InChI=1S/C18H36O2/c1-3-5-7-9-10-12-14-16-18(20-17-19)15-13-11-8-6-4-2/h17-18H,3-16H2,1-2H3. The van der Waals surface area contributed by atoms with Crippen LogP contribution in [-0.2, 0) is 9.53 Å². The summed E-state index contributed by atoms with van der Waals surface area (Å²) in [6.07, 6.45) is 18.0. The first-order valence-electron chi connectivity index (χ1n) is 8.94. The Morgan fingerprint density at radius 3 is 1.50 bits per heavy atom. The summed E-state index contributed by atoms with van der Waals surface area (Å²) in [7, 11) is 0. The van der Waals surface area contributed by atoms with Crippen molar-refractivity contribution in [3.8, 4) is 0 Å². The van der Waals surface area contributed by atoms with Crippen LogP contribution in [0.15, 0.2) is 0 Å². The SMILES string of the molecule is CCCCCCCCCC(CCCCCCC)OC=O. The summed E-state index contributed by atoms with van der Waals surface area (Å²) in [5, 5.41) is 0. The maximum atomic E-state index is 10.5. The molecule has 0 aromatic heterocycles. The predicted octanol–water partition coefficient (Wildman–Crippen LogP) is 6.03. The fourth-order valence-electron chi connectivity index (χ4n) is 2.66. The van der Waals surface area contributed by atoms with Gasteiger partial charge in [-0.1, -0.05) is 78.1 Å².